The van der Waals surface area contributed by atoms with Gasteiger partial charge in [0, 0.05) is 35.9 Å². The molecule has 1 unspecified atom stereocenters. The molecule has 1 heterocycles. The van der Waals surface area contributed by atoms with Crippen LogP contribution in [0.25, 0.3) is 0 Å². The van der Waals surface area contributed by atoms with Crippen LogP contribution in [0.15, 0.2) is 41.1 Å². The van der Waals surface area contributed by atoms with Crippen LogP contribution in [-0.2, 0) is 13.0 Å². The number of rotatable bonds is 4. The van der Waals surface area contributed by atoms with Crippen LogP contribution >= 0.6 is 15.9 Å². The maximum Gasteiger partial charge on any atom is 0.110 e. The second kappa shape index (κ2) is 5.47. The van der Waals surface area contributed by atoms with E-state index < -0.39 is 0 Å². The average molecular weight is 294 g/mol. The molecule has 4 heteroatoms. The topological polar surface area (TPSA) is 43.8 Å². The lowest BCUT2D eigenvalue weighted by atomic mass is 10.0. The summed E-state index contributed by atoms with van der Waals surface area (Å²) in [5.74, 6) is 1.04. The second-order valence-corrected chi connectivity index (χ2v) is 4.91. The molecule has 1 atom stereocenters. The minimum atomic E-state index is -0.00389. The molecule has 0 fully saturated rings. The Morgan fingerprint density at radius 1 is 1.35 bits per heavy atom. The highest BCUT2D eigenvalue weighted by Crippen LogP contribution is 2.18. The molecule has 0 aliphatic heterocycles. The zero-order valence-electron chi connectivity index (χ0n) is 9.81. The molecule has 0 amide bonds. The molecule has 0 saturated carbocycles. The summed E-state index contributed by atoms with van der Waals surface area (Å²) in [5, 5.41) is 0. The summed E-state index contributed by atoms with van der Waals surface area (Å²) in [5.41, 5.74) is 7.33. The fourth-order valence-corrected chi connectivity index (χ4v) is 2.11. The Balaban J connectivity index is 2.11. The molecule has 0 saturated heterocycles. The predicted octanol–water partition coefficient (Wildman–Crippen LogP) is 2.91. The summed E-state index contributed by atoms with van der Waals surface area (Å²) in [6, 6.07) is 8.13. The van der Waals surface area contributed by atoms with Gasteiger partial charge in [-0.05, 0) is 24.6 Å². The van der Waals surface area contributed by atoms with Gasteiger partial charge in [0.1, 0.15) is 5.82 Å². The van der Waals surface area contributed by atoms with Gasteiger partial charge in [0.05, 0.1) is 0 Å². The van der Waals surface area contributed by atoms with Crippen molar-refractivity contribution in [2.75, 3.05) is 0 Å². The SMILES string of the molecule is CCn1ccnc1CC(N)c1ccc(Br)cc1. The van der Waals surface area contributed by atoms with Crippen LogP contribution in [0.1, 0.15) is 24.4 Å². The Hall–Kier alpha value is -1.13. The molecule has 1 aromatic heterocycles. The molecule has 0 aliphatic rings. The predicted molar refractivity (Wildman–Crippen MR) is 72.7 cm³/mol. The number of nitrogens with zero attached hydrogens (tertiary/aromatic N) is 2. The van der Waals surface area contributed by atoms with Gasteiger partial charge in [-0.15, -0.1) is 0 Å². The van der Waals surface area contributed by atoms with Gasteiger partial charge in [-0.3, -0.25) is 0 Å². The molecule has 17 heavy (non-hydrogen) atoms. The van der Waals surface area contributed by atoms with Crippen LogP contribution in [0.2, 0.25) is 0 Å². The number of hydrogen-bond donors (Lipinski definition) is 1. The van der Waals surface area contributed by atoms with Gasteiger partial charge < -0.3 is 10.3 Å². The third-order valence-corrected chi connectivity index (χ3v) is 3.37. The first kappa shape index (κ1) is 12.3. The molecule has 90 valence electrons. The number of nitrogens with two attached hydrogens (primary N) is 1. The molecule has 2 rings (SSSR count). The lowest BCUT2D eigenvalue weighted by Crippen LogP contribution is -2.16. The van der Waals surface area contributed by atoms with E-state index >= 15 is 0 Å². The number of benzene rings is 1. The maximum absolute atomic E-state index is 6.19. The van der Waals surface area contributed by atoms with Crippen LogP contribution < -0.4 is 5.73 Å². The number of aromatic nitrogens is 2. The van der Waals surface area contributed by atoms with Crippen molar-refractivity contribution in [1.29, 1.82) is 0 Å². The molecule has 1 aromatic carbocycles. The van der Waals surface area contributed by atoms with E-state index in [1.807, 2.05) is 36.7 Å². The molecule has 0 aliphatic carbocycles. The van der Waals surface area contributed by atoms with E-state index in [1.165, 1.54) is 0 Å². The van der Waals surface area contributed by atoms with Crippen molar-refractivity contribution >= 4 is 15.9 Å². The standard InChI is InChI=1S/C13H16BrN3/c1-2-17-8-7-16-13(17)9-12(15)10-3-5-11(14)6-4-10/h3-8,12H,2,9,15H2,1H3. The molecule has 0 bridgehead atoms. The van der Waals surface area contributed by atoms with Crippen LogP contribution in [0.3, 0.4) is 0 Å². The molecular weight excluding hydrogens is 278 g/mol. The Bertz CT molecular complexity index is 476. The first-order valence-electron chi connectivity index (χ1n) is 5.71. The van der Waals surface area contributed by atoms with Crippen molar-refractivity contribution in [2.45, 2.75) is 25.9 Å². The smallest absolute Gasteiger partial charge is 0.110 e. The highest BCUT2D eigenvalue weighted by molar-refractivity contribution is 9.10. The van der Waals surface area contributed by atoms with E-state index in [9.17, 15) is 0 Å². The zero-order chi connectivity index (χ0) is 12.3. The molecule has 3 nitrogen and oxygen atoms in total. The van der Waals surface area contributed by atoms with Gasteiger partial charge in [0.2, 0.25) is 0 Å². The summed E-state index contributed by atoms with van der Waals surface area (Å²) >= 11 is 3.42. The summed E-state index contributed by atoms with van der Waals surface area (Å²) in [4.78, 5) is 4.34. The monoisotopic (exact) mass is 293 g/mol. The quantitative estimate of drug-likeness (QED) is 0.942. The Morgan fingerprint density at radius 2 is 2.06 bits per heavy atom. The minimum absolute atomic E-state index is 0.00389. The minimum Gasteiger partial charge on any atom is -0.335 e. The Morgan fingerprint density at radius 3 is 2.71 bits per heavy atom. The van der Waals surface area contributed by atoms with Crippen molar-refractivity contribution in [3.8, 4) is 0 Å². The van der Waals surface area contributed by atoms with E-state index in [4.69, 9.17) is 5.73 Å². The van der Waals surface area contributed by atoms with Crippen LogP contribution in [-0.4, -0.2) is 9.55 Å². The summed E-state index contributed by atoms with van der Waals surface area (Å²) in [6.45, 7) is 3.04. The third-order valence-electron chi connectivity index (χ3n) is 2.84. The maximum atomic E-state index is 6.19. The molecule has 0 radical (unpaired) electrons. The van der Waals surface area contributed by atoms with Crippen LogP contribution in [0.4, 0.5) is 0 Å². The lowest BCUT2D eigenvalue weighted by Gasteiger charge is -2.12. The van der Waals surface area contributed by atoms with Gasteiger partial charge in [-0.25, -0.2) is 4.98 Å². The second-order valence-electron chi connectivity index (χ2n) is 3.99. The van der Waals surface area contributed by atoms with E-state index in [1.54, 1.807) is 0 Å². The van der Waals surface area contributed by atoms with Gasteiger partial charge in [0.15, 0.2) is 0 Å². The van der Waals surface area contributed by atoms with Gasteiger partial charge >= 0.3 is 0 Å². The Labute approximate surface area is 110 Å². The fraction of sp³-hybridized carbons (Fsp3) is 0.308. The van der Waals surface area contributed by atoms with E-state index in [2.05, 4.69) is 32.4 Å². The first-order chi connectivity index (χ1) is 8.20. The van der Waals surface area contributed by atoms with Crippen LogP contribution in [0, 0.1) is 0 Å². The van der Waals surface area contributed by atoms with E-state index in [0.29, 0.717) is 0 Å². The number of hydrogen-bond acceptors (Lipinski definition) is 2. The molecule has 2 aromatic rings. The first-order valence-corrected chi connectivity index (χ1v) is 6.51. The van der Waals surface area contributed by atoms with Gasteiger partial charge in [-0.2, -0.15) is 0 Å². The summed E-state index contributed by atoms with van der Waals surface area (Å²) in [6.07, 6.45) is 4.58. The number of imidazole rings is 1. The van der Waals surface area contributed by atoms with Crippen molar-refractivity contribution in [3.05, 3.63) is 52.5 Å². The zero-order valence-corrected chi connectivity index (χ0v) is 11.4. The number of halogens is 1. The molecular formula is C13H16BrN3. The lowest BCUT2D eigenvalue weighted by molar-refractivity contribution is 0.628. The molecule has 2 N–H and O–H groups in total. The van der Waals surface area contributed by atoms with E-state index in [0.717, 1.165) is 28.8 Å². The van der Waals surface area contributed by atoms with Crippen molar-refractivity contribution < 1.29 is 0 Å². The average Bonchev–Trinajstić information content (AvgIpc) is 2.77. The van der Waals surface area contributed by atoms with Crippen molar-refractivity contribution in [3.63, 3.8) is 0 Å². The van der Waals surface area contributed by atoms with Crippen LogP contribution in [0.5, 0.6) is 0 Å². The van der Waals surface area contributed by atoms with Crippen molar-refractivity contribution in [2.24, 2.45) is 5.73 Å². The van der Waals surface area contributed by atoms with Gasteiger partial charge in [0.25, 0.3) is 0 Å². The summed E-state index contributed by atoms with van der Waals surface area (Å²) in [7, 11) is 0. The largest absolute Gasteiger partial charge is 0.335 e. The summed E-state index contributed by atoms with van der Waals surface area (Å²) < 4.78 is 3.20. The molecule has 0 spiro atoms. The highest BCUT2D eigenvalue weighted by Gasteiger charge is 2.10. The Kier molecular flexibility index (Phi) is 3.97. The van der Waals surface area contributed by atoms with Gasteiger partial charge in [-0.1, -0.05) is 28.1 Å². The normalized spacial score (nSPS) is 12.6. The van der Waals surface area contributed by atoms with Crippen molar-refractivity contribution in [1.82, 2.24) is 9.55 Å². The third kappa shape index (κ3) is 2.96. The fourth-order valence-electron chi connectivity index (χ4n) is 1.84. The highest BCUT2D eigenvalue weighted by atomic mass is 79.9. The number of aryl methyl sites for hydroxylation is 1. The van der Waals surface area contributed by atoms with E-state index in [-0.39, 0.29) is 6.04 Å².